The highest BCUT2D eigenvalue weighted by molar-refractivity contribution is 5.64. The Morgan fingerprint density at radius 2 is 1.47 bits per heavy atom. The highest BCUT2D eigenvalue weighted by Crippen LogP contribution is 2.20. The first-order valence-electron chi connectivity index (χ1n) is 6.23. The van der Waals surface area contributed by atoms with Crippen molar-refractivity contribution in [1.29, 1.82) is 0 Å². The number of hydrogen-bond donors (Lipinski definition) is 0. The maximum Gasteiger partial charge on any atom is 0.172 e. The van der Waals surface area contributed by atoms with Gasteiger partial charge in [0.05, 0.1) is 0 Å². The van der Waals surface area contributed by atoms with Crippen LogP contribution in [0.4, 0.5) is 0 Å². The molecular weight excluding hydrogens is 208 g/mol. The summed E-state index contributed by atoms with van der Waals surface area (Å²) in [4.78, 5) is 0. The number of pyridine rings is 2. The molecule has 2 heteroatoms. The molecule has 0 saturated heterocycles. The van der Waals surface area contributed by atoms with E-state index in [2.05, 4.69) is 72.9 Å². The average Bonchev–Trinajstić information content (AvgIpc) is 2.39. The van der Waals surface area contributed by atoms with Gasteiger partial charge in [0.1, 0.15) is 13.1 Å². The van der Waals surface area contributed by atoms with Crippen LogP contribution in [0, 0.1) is 6.92 Å². The monoisotopic (exact) mass is 228 g/mol. The molecule has 2 aromatic rings. The summed E-state index contributed by atoms with van der Waals surface area (Å²) in [6.45, 7) is 8.52. The van der Waals surface area contributed by atoms with Crippen LogP contribution in [-0.2, 0) is 13.1 Å². The maximum atomic E-state index is 2.20. The summed E-state index contributed by atoms with van der Waals surface area (Å²) in [6.07, 6.45) is 8.62. The van der Waals surface area contributed by atoms with E-state index in [1.165, 1.54) is 16.7 Å². The van der Waals surface area contributed by atoms with Crippen molar-refractivity contribution in [2.24, 2.45) is 0 Å². The Morgan fingerprint density at radius 1 is 0.882 bits per heavy atom. The van der Waals surface area contributed by atoms with E-state index < -0.39 is 0 Å². The highest BCUT2D eigenvalue weighted by Gasteiger charge is 2.07. The standard InChI is InChI=1S/C15H20N2/c1-4-16-9-6-14(7-10-16)15-8-11-17(5-2)12-13(15)3/h6-12H,4-5H2,1-3H3/q+2. The maximum absolute atomic E-state index is 2.20. The molecule has 0 aliphatic heterocycles. The van der Waals surface area contributed by atoms with Crippen molar-refractivity contribution >= 4 is 0 Å². The van der Waals surface area contributed by atoms with Crippen molar-refractivity contribution in [3.8, 4) is 11.1 Å². The summed E-state index contributed by atoms with van der Waals surface area (Å²) in [6, 6.07) is 6.56. The number of nitrogens with zero attached hydrogens (tertiary/aromatic N) is 2. The fraction of sp³-hybridized carbons (Fsp3) is 0.333. The first kappa shape index (κ1) is 11.8. The zero-order valence-electron chi connectivity index (χ0n) is 10.9. The molecule has 0 saturated carbocycles. The lowest BCUT2D eigenvalue weighted by Crippen LogP contribution is -2.31. The predicted octanol–water partition coefficient (Wildman–Crippen LogP) is 2.28. The quantitative estimate of drug-likeness (QED) is 0.712. The lowest BCUT2D eigenvalue weighted by Gasteiger charge is -2.04. The minimum atomic E-state index is 1.02. The van der Waals surface area contributed by atoms with Gasteiger partial charge in [-0.3, -0.25) is 0 Å². The molecule has 0 amide bonds. The van der Waals surface area contributed by atoms with E-state index in [9.17, 15) is 0 Å². The molecule has 2 rings (SSSR count). The zero-order valence-corrected chi connectivity index (χ0v) is 10.9. The van der Waals surface area contributed by atoms with Gasteiger partial charge in [-0.15, -0.1) is 0 Å². The molecule has 0 N–H and O–H groups in total. The Labute approximate surface area is 103 Å². The van der Waals surface area contributed by atoms with Gasteiger partial charge in [0.25, 0.3) is 0 Å². The minimum absolute atomic E-state index is 1.02. The number of rotatable bonds is 3. The van der Waals surface area contributed by atoms with E-state index >= 15 is 0 Å². The van der Waals surface area contributed by atoms with Crippen LogP contribution in [0.5, 0.6) is 0 Å². The molecule has 0 fully saturated rings. The minimum Gasteiger partial charge on any atom is -0.205 e. The van der Waals surface area contributed by atoms with Crippen LogP contribution in [0.2, 0.25) is 0 Å². The molecule has 0 atom stereocenters. The molecule has 0 bridgehead atoms. The Hall–Kier alpha value is -1.70. The lowest BCUT2D eigenvalue weighted by molar-refractivity contribution is -0.694. The first-order valence-corrected chi connectivity index (χ1v) is 6.23. The van der Waals surface area contributed by atoms with Crippen LogP contribution in [0.1, 0.15) is 19.4 Å². The smallest absolute Gasteiger partial charge is 0.172 e. The van der Waals surface area contributed by atoms with Gasteiger partial charge in [0.15, 0.2) is 24.8 Å². The van der Waals surface area contributed by atoms with E-state index in [4.69, 9.17) is 0 Å². The van der Waals surface area contributed by atoms with Crippen molar-refractivity contribution in [2.75, 3.05) is 0 Å². The average molecular weight is 228 g/mol. The second kappa shape index (κ2) is 5.09. The van der Waals surface area contributed by atoms with Gasteiger partial charge in [-0.05, 0) is 31.9 Å². The summed E-state index contributed by atoms with van der Waals surface area (Å²) in [5.41, 5.74) is 3.93. The van der Waals surface area contributed by atoms with Crippen LogP contribution >= 0.6 is 0 Å². The summed E-state index contributed by atoms with van der Waals surface area (Å²) in [5.74, 6) is 0. The third kappa shape index (κ3) is 2.52. The van der Waals surface area contributed by atoms with Crippen molar-refractivity contribution in [1.82, 2.24) is 0 Å². The fourth-order valence-corrected chi connectivity index (χ4v) is 2.03. The molecule has 0 aromatic carbocycles. The van der Waals surface area contributed by atoms with E-state index in [-0.39, 0.29) is 0 Å². The first-order chi connectivity index (χ1) is 8.24. The Morgan fingerprint density at radius 3 is 2.00 bits per heavy atom. The van der Waals surface area contributed by atoms with Crippen LogP contribution in [0.15, 0.2) is 43.0 Å². The van der Waals surface area contributed by atoms with Gasteiger partial charge in [-0.25, -0.2) is 9.13 Å². The van der Waals surface area contributed by atoms with Crippen molar-refractivity contribution in [3.05, 3.63) is 48.5 Å². The molecule has 88 valence electrons. The normalized spacial score (nSPS) is 10.5. The number of aryl methyl sites for hydroxylation is 3. The molecule has 0 unspecified atom stereocenters. The number of hydrogen-bond acceptors (Lipinski definition) is 0. The van der Waals surface area contributed by atoms with E-state index in [1.807, 2.05) is 0 Å². The van der Waals surface area contributed by atoms with Gasteiger partial charge in [-0.2, -0.15) is 0 Å². The van der Waals surface area contributed by atoms with Crippen molar-refractivity contribution in [3.63, 3.8) is 0 Å². The summed E-state index contributed by atoms with van der Waals surface area (Å²) >= 11 is 0. The predicted molar refractivity (Wildman–Crippen MR) is 68.4 cm³/mol. The highest BCUT2D eigenvalue weighted by atomic mass is 14.9. The second-order valence-electron chi connectivity index (χ2n) is 4.29. The van der Waals surface area contributed by atoms with E-state index in [0.717, 1.165) is 13.1 Å². The Balaban J connectivity index is 2.38. The fourth-order valence-electron chi connectivity index (χ4n) is 2.03. The third-order valence-electron chi connectivity index (χ3n) is 3.15. The van der Waals surface area contributed by atoms with Gasteiger partial charge >= 0.3 is 0 Å². The van der Waals surface area contributed by atoms with E-state index in [1.54, 1.807) is 0 Å². The van der Waals surface area contributed by atoms with Gasteiger partial charge in [-0.1, -0.05) is 0 Å². The largest absolute Gasteiger partial charge is 0.205 e. The molecule has 0 aliphatic carbocycles. The molecule has 0 aliphatic rings. The topological polar surface area (TPSA) is 7.76 Å². The molecule has 17 heavy (non-hydrogen) atoms. The van der Waals surface area contributed by atoms with E-state index in [0.29, 0.717) is 0 Å². The molecule has 2 nitrogen and oxygen atoms in total. The van der Waals surface area contributed by atoms with Gasteiger partial charge < -0.3 is 0 Å². The molecule has 0 radical (unpaired) electrons. The molecule has 2 heterocycles. The summed E-state index contributed by atoms with van der Waals surface area (Å²) in [5, 5.41) is 0. The number of aromatic nitrogens is 2. The zero-order chi connectivity index (χ0) is 12.3. The molecular formula is C15H20N2+2. The van der Waals surface area contributed by atoms with Crippen molar-refractivity contribution < 1.29 is 9.13 Å². The van der Waals surface area contributed by atoms with Crippen LogP contribution in [0.3, 0.4) is 0 Å². The van der Waals surface area contributed by atoms with Crippen molar-refractivity contribution in [2.45, 2.75) is 33.9 Å². The molecule has 0 spiro atoms. The molecule has 2 aromatic heterocycles. The Kier molecular flexibility index (Phi) is 3.52. The summed E-state index contributed by atoms with van der Waals surface area (Å²) in [7, 11) is 0. The lowest BCUT2D eigenvalue weighted by atomic mass is 10.0. The third-order valence-corrected chi connectivity index (χ3v) is 3.15. The van der Waals surface area contributed by atoms with Gasteiger partial charge in [0.2, 0.25) is 0 Å². The SMILES string of the molecule is CC[n+]1ccc(-c2cc[n+](CC)cc2C)cc1. The Bertz CT molecular complexity index is 501. The van der Waals surface area contributed by atoms with Crippen LogP contribution in [-0.4, -0.2) is 0 Å². The van der Waals surface area contributed by atoms with Crippen LogP contribution < -0.4 is 9.13 Å². The second-order valence-corrected chi connectivity index (χ2v) is 4.29. The van der Waals surface area contributed by atoms with Crippen LogP contribution in [0.25, 0.3) is 11.1 Å². The summed E-state index contributed by atoms with van der Waals surface area (Å²) < 4.78 is 4.38. The van der Waals surface area contributed by atoms with Gasteiger partial charge in [0, 0.05) is 23.8 Å².